The van der Waals surface area contributed by atoms with Crippen molar-refractivity contribution in [3.8, 4) is 0 Å². The molecule has 1 amide bonds. The van der Waals surface area contributed by atoms with Gasteiger partial charge in [-0.15, -0.1) is 16.9 Å². The van der Waals surface area contributed by atoms with E-state index in [0.29, 0.717) is 18.2 Å². The Balaban J connectivity index is 1.35. The van der Waals surface area contributed by atoms with Crippen molar-refractivity contribution in [2.24, 2.45) is 5.92 Å². The highest BCUT2D eigenvalue weighted by Crippen LogP contribution is 2.17. The van der Waals surface area contributed by atoms with Crippen LogP contribution in [-0.4, -0.2) is 46.3 Å². The highest BCUT2D eigenvalue weighted by atomic mass is 32.2. The van der Waals surface area contributed by atoms with Gasteiger partial charge < -0.3 is 10.6 Å². The molecule has 1 saturated heterocycles. The van der Waals surface area contributed by atoms with Crippen LogP contribution in [0.25, 0.3) is 0 Å². The summed E-state index contributed by atoms with van der Waals surface area (Å²) in [4.78, 5) is 13.4. The molecule has 2 aromatic rings. The molecule has 0 aliphatic carbocycles. The average Bonchev–Trinajstić information content (AvgIpc) is 3.11. The van der Waals surface area contributed by atoms with Crippen LogP contribution in [0.1, 0.15) is 29.8 Å². The zero-order valence-corrected chi connectivity index (χ0v) is 15.2. The van der Waals surface area contributed by atoms with E-state index in [9.17, 15) is 4.79 Å². The second-order valence-corrected chi connectivity index (χ2v) is 7.48. The van der Waals surface area contributed by atoms with Crippen molar-refractivity contribution in [3.05, 3.63) is 42.2 Å². The van der Waals surface area contributed by atoms with Crippen LogP contribution >= 0.6 is 11.8 Å². The molecule has 1 aromatic heterocycles. The normalized spacial score (nSPS) is 17.4. The maximum Gasteiger partial charge on any atom is 0.273 e. The van der Waals surface area contributed by atoms with Gasteiger partial charge in [0.05, 0.1) is 6.20 Å². The molecule has 0 spiro atoms. The Hall–Kier alpha value is -1.86. The Kier molecular flexibility index (Phi) is 6.88. The van der Waals surface area contributed by atoms with E-state index in [1.54, 1.807) is 22.6 Å². The van der Waals surface area contributed by atoms with Crippen molar-refractivity contribution >= 4 is 17.7 Å². The SMILES string of the molecule is O=C(NCCCSc1ccccc1)c1cn(C[C@H]2CCCNC2)nn1. The third-order valence-electron chi connectivity index (χ3n) is 4.23. The topological polar surface area (TPSA) is 71.8 Å². The Labute approximate surface area is 152 Å². The van der Waals surface area contributed by atoms with Crippen LogP contribution in [-0.2, 0) is 6.54 Å². The highest BCUT2D eigenvalue weighted by molar-refractivity contribution is 7.99. The van der Waals surface area contributed by atoms with Crippen molar-refractivity contribution in [1.82, 2.24) is 25.6 Å². The van der Waals surface area contributed by atoms with Crippen molar-refractivity contribution in [2.45, 2.75) is 30.7 Å². The van der Waals surface area contributed by atoms with Gasteiger partial charge in [0.15, 0.2) is 5.69 Å². The zero-order chi connectivity index (χ0) is 17.3. The van der Waals surface area contributed by atoms with E-state index in [4.69, 9.17) is 0 Å². The van der Waals surface area contributed by atoms with Gasteiger partial charge in [0.2, 0.25) is 0 Å². The summed E-state index contributed by atoms with van der Waals surface area (Å²) >= 11 is 1.80. The maximum absolute atomic E-state index is 12.1. The number of carbonyl (C=O) groups excluding carboxylic acids is 1. The van der Waals surface area contributed by atoms with Crippen molar-refractivity contribution in [3.63, 3.8) is 0 Å². The number of aromatic nitrogens is 3. The number of nitrogens with zero attached hydrogens (tertiary/aromatic N) is 3. The predicted molar refractivity (Wildman–Crippen MR) is 99.7 cm³/mol. The molecule has 1 aromatic carbocycles. The molecular formula is C18H25N5OS. The van der Waals surface area contributed by atoms with Gasteiger partial charge in [0.25, 0.3) is 5.91 Å². The molecule has 7 heteroatoms. The Morgan fingerprint density at radius 1 is 1.36 bits per heavy atom. The van der Waals surface area contributed by atoms with Gasteiger partial charge in [0.1, 0.15) is 0 Å². The second-order valence-electron chi connectivity index (χ2n) is 6.31. The van der Waals surface area contributed by atoms with Gasteiger partial charge in [-0.2, -0.15) is 0 Å². The summed E-state index contributed by atoms with van der Waals surface area (Å²) < 4.78 is 1.79. The minimum Gasteiger partial charge on any atom is -0.351 e. The molecule has 3 rings (SSSR count). The van der Waals surface area contributed by atoms with Gasteiger partial charge in [-0.05, 0) is 56.2 Å². The predicted octanol–water partition coefficient (Wildman–Crippen LogP) is 2.19. The van der Waals surface area contributed by atoms with Crippen LogP contribution in [0.3, 0.4) is 0 Å². The minimum absolute atomic E-state index is 0.141. The molecule has 1 fully saturated rings. The molecule has 0 radical (unpaired) electrons. The van der Waals surface area contributed by atoms with E-state index in [1.807, 2.05) is 18.2 Å². The van der Waals surface area contributed by atoms with Gasteiger partial charge in [-0.25, -0.2) is 0 Å². The van der Waals surface area contributed by atoms with E-state index in [-0.39, 0.29) is 5.91 Å². The monoisotopic (exact) mass is 359 g/mol. The van der Waals surface area contributed by atoms with E-state index in [2.05, 4.69) is 33.1 Å². The number of nitrogens with one attached hydrogen (secondary N) is 2. The lowest BCUT2D eigenvalue weighted by molar-refractivity contribution is 0.0948. The van der Waals surface area contributed by atoms with Crippen LogP contribution < -0.4 is 10.6 Å². The van der Waals surface area contributed by atoms with Crippen molar-refractivity contribution in [1.29, 1.82) is 0 Å². The summed E-state index contributed by atoms with van der Waals surface area (Å²) in [5.74, 6) is 1.41. The number of rotatable bonds is 8. The smallest absolute Gasteiger partial charge is 0.273 e. The Bertz CT molecular complexity index is 654. The fraction of sp³-hybridized carbons (Fsp3) is 0.500. The van der Waals surface area contributed by atoms with Crippen molar-refractivity contribution in [2.75, 3.05) is 25.4 Å². The molecule has 0 unspecified atom stereocenters. The average molecular weight is 359 g/mol. The first-order valence-corrected chi connectivity index (χ1v) is 9.87. The third kappa shape index (κ3) is 5.86. The summed E-state index contributed by atoms with van der Waals surface area (Å²) in [6, 6.07) is 10.3. The van der Waals surface area contributed by atoms with Crippen LogP contribution in [0.15, 0.2) is 41.4 Å². The maximum atomic E-state index is 12.1. The van der Waals surface area contributed by atoms with Crippen LogP contribution in [0.2, 0.25) is 0 Å². The fourth-order valence-corrected chi connectivity index (χ4v) is 3.78. The zero-order valence-electron chi connectivity index (χ0n) is 14.4. The molecule has 0 saturated carbocycles. The lowest BCUT2D eigenvalue weighted by atomic mass is 10.00. The number of benzene rings is 1. The first-order chi connectivity index (χ1) is 12.3. The number of carbonyl (C=O) groups is 1. The Morgan fingerprint density at radius 3 is 3.04 bits per heavy atom. The van der Waals surface area contributed by atoms with E-state index < -0.39 is 0 Å². The molecule has 25 heavy (non-hydrogen) atoms. The largest absolute Gasteiger partial charge is 0.351 e. The molecule has 1 aliphatic heterocycles. The van der Waals surface area contributed by atoms with E-state index in [1.165, 1.54) is 17.7 Å². The molecule has 1 aliphatic rings. The Morgan fingerprint density at radius 2 is 2.24 bits per heavy atom. The summed E-state index contributed by atoms with van der Waals surface area (Å²) in [6.45, 7) is 3.59. The first kappa shape index (κ1) is 17.9. The summed E-state index contributed by atoms with van der Waals surface area (Å²) in [6.07, 6.45) is 5.08. The molecule has 0 bridgehead atoms. The quantitative estimate of drug-likeness (QED) is 0.558. The number of thioether (sulfide) groups is 1. The van der Waals surface area contributed by atoms with Gasteiger partial charge in [0, 0.05) is 18.0 Å². The number of hydrogen-bond acceptors (Lipinski definition) is 5. The molecule has 6 nitrogen and oxygen atoms in total. The fourth-order valence-electron chi connectivity index (χ4n) is 2.91. The molecule has 134 valence electrons. The number of hydrogen-bond donors (Lipinski definition) is 2. The summed E-state index contributed by atoms with van der Waals surface area (Å²) in [5, 5.41) is 14.4. The lowest BCUT2D eigenvalue weighted by Gasteiger charge is -2.22. The lowest BCUT2D eigenvalue weighted by Crippen LogP contribution is -2.32. The first-order valence-electron chi connectivity index (χ1n) is 8.88. The third-order valence-corrected chi connectivity index (χ3v) is 5.33. The molecule has 2 N–H and O–H groups in total. The van der Waals surface area contributed by atoms with E-state index >= 15 is 0 Å². The highest BCUT2D eigenvalue weighted by Gasteiger charge is 2.16. The van der Waals surface area contributed by atoms with Crippen LogP contribution in [0, 0.1) is 5.92 Å². The van der Waals surface area contributed by atoms with Crippen LogP contribution in [0.5, 0.6) is 0 Å². The van der Waals surface area contributed by atoms with Gasteiger partial charge >= 0.3 is 0 Å². The summed E-state index contributed by atoms with van der Waals surface area (Å²) in [7, 11) is 0. The van der Waals surface area contributed by atoms with Gasteiger partial charge in [-0.1, -0.05) is 23.4 Å². The molecule has 1 atom stereocenters. The standard InChI is InChI=1S/C18H25N5OS/c24-18(20-10-5-11-25-16-7-2-1-3-8-16)17-14-23(22-21-17)13-15-6-4-9-19-12-15/h1-3,7-8,14-15,19H,4-6,9-13H2,(H,20,24)/t15-/m0/s1. The van der Waals surface area contributed by atoms with Crippen molar-refractivity contribution < 1.29 is 4.79 Å². The van der Waals surface area contributed by atoms with Crippen LogP contribution in [0.4, 0.5) is 0 Å². The second kappa shape index (κ2) is 9.58. The summed E-state index contributed by atoms with van der Waals surface area (Å²) in [5.41, 5.74) is 0.402. The minimum atomic E-state index is -0.141. The molecular weight excluding hydrogens is 334 g/mol. The number of amides is 1. The number of piperidine rings is 1. The van der Waals surface area contributed by atoms with Gasteiger partial charge in [-0.3, -0.25) is 9.48 Å². The molecule has 2 heterocycles. The van der Waals surface area contributed by atoms with E-state index in [0.717, 1.165) is 31.8 Å².